The summed E-state index contributed by atoms with van der Waals surface area (Å²) in [5, 5.41) is 6.69. The van der Waals surface area contributed by atoms with Gasteiger partial charge in [0, 0.05) is 74.4 Å². The zero-order valence-electron chi connectivity index (χ0n) is 24.3. The van der Waals surface area contributed by atoms with Crippen molar-refractivity contribution in [1.29, 1.82) is 0 Å². The maximum atomic E-state index is 13.4. The summed E-state index contributed by atoms with van der Waals surface area (Å²) in [5.41, 5.74) is 4.88. The summed E-state index contributed by atoms with van der Waals surface area (Å²) in [6.45, 7) is 6.40. The van der Waals surface area contributed by atoms with Crippen LogP contribution in [-0.4, -0.2) is 94.9 Å². The lowest BCUT2D eigenvalue weighted by molar-refractivity contribution is 0.0332. The van der Waals surface area contributed by atoms with E-state index in [-0.39, 0.29) is 12.2 Å². The van der Waals surface area contributed by atoms with Crippen LogP contribution in [0.2, 0.25) is 0 Å². The number of ketones is 1. The fourth-order valence-corrected chi connectivity index (χ4v) is 5.93. The van der Waals surface area contributed by atoms with Crippen LogP contribution < -0.4 is 4.90 Å². The Balaban J connectivity index is 1.19. The largest absolute Gasteiger partial charge is 0.379 e. The minimum Gasteiger partial charge on any atom is -0.379 e. The lowest BCUT2D eigenvalue weighted by Gasteiger charge is -2.35. The van der Waals surface area contributed by atoms with Gasteiger partial charge in [0.1, 0.15) is 5.82 Å². The number of fused-ring (bicyclic) bond motifs is 1. The highest BCUT2D eigenvalue weighted by Crippen LogP contribution is 2.29. The summed E-state index contributed by atoms with van der Waals surface area (Å²) in [6, 6.07) is 12.6. The highest BCUT2D eigenvalue weighted by Gasteiger charge is 2.22. The number of carbonyl (C=O) groups is 1. The number of rotatable bonds is 8. The van der Waals surface area contributed by atoms with Crippen molar-refractivity contribution in [3.05, 3.63) is 71.9 Å². The molecule has 0 unspecified atom stereocenters. The quantitative estimate of drug-likeness (QED) is 0.305. The molecule has 0 spiro atoms. The fraction of sp³-hybridized carbons (Fsp3) is 0.438. The second-order valence-corrected chi connectivity index (χ2v) is 11.4. The van der Waals surface area contributed by atoms with Crippen molar-refractivity contribution in [3.63, 3.8) is 0 Å². The number of aryl methyl sites for hydroxylation is 1. The van der Waals surface area contributed by atoms with Crippen molar-refractivity contribution in [3.8, 4) is 11.1 Å². The Bertz CT molecular complexity index is 1520. The Kier molecular flexibility index (Phi) is 8.09. The van der Waals surface area contributed by atoms with E-state index < -0.39 is 0 Å². The maximum Gasteiger partial charge on any atom is 0.169 e. The molecule has 0 radical (unpaired) electrons. The van der Waals surface area contributed by atoms with Gasteiger partial charge in [-0.2, -0.15) is 5.10 Å². The molecule has 9 nitrogen and oxygen atoms in total. The molecule has 214 valence electrons. The van der Waals surface area contributed by atoms with Gasteiger partial charge in [-0.1, -0.05) is 12.1 Å². The molecule has 1 aromatic carbocycles. The Hall–Kier alpha value is -3.66. The number of carbonyl (C=O) groups excluding carboxylic acids is 1. The third kappa shape index (κ3) is 6.17. The van der Waals surface area contributed by atoms with E-state index in [1.54, 1.807) is 6.20 Å². The molecule has 41 heavy (non-hydrogen) atoms. The van der Waals surface area contributed by atoms with E-state index in [1.807, 2.05) is 42.3 Å². The zero-order chi connectivity index (χ0) is 28.3. The lowest BCUT2D eigenvalue weighted by atomic mass is 10.0. The second-order valence-electron chi connectivity index (χ2n) is 11.4. The van der Waals surface area contributed by atoms with E-state index in [2.05, 4.69) is 62.1 Å². The normalized spacial score (nSPS) is 17.2. The molecule has 4 aromatic rings. The molecule has 2 aliphatic heterocycles. The van der Waals surface area contributed by atoms with Crippen LogP contribution in [0.5, 0.6) is 0 Å². The molecular weight excluding hydrogens is 514 g/mol. The molecule has 9 heteroatoms. The van der Waals surface area contributed by atoms with Gasteiger partial charge in [0.2, 0.25) is 0 Å². The number of hydrogen-bond donors (Lipinski definition) is 0. The van der Waals surface area contributed by atoms with Crippen molar-refractivity contribution in [2.75, 3.05) is 58.4 Å². The number of anilines is 1. The number of nitrogens with zero attached hydrogens (tertiary/aromatic N) is 7. The predicted octanol–water partition coefficient (Wildman–Crippen LogP) is 3.82. The Labute approximate surface area is 241 Å². The van der Waals surface area contributed by atoms with Gasteiger partial charge in [-0.3, -0.25) is 19.4 Å². The fourth-order valence-electron chi connectivity index (χ4n) is 5.93. The summed E-state index contributed by atoms with van der Waals surface area (Å²) < 4.78 is 7.49. The Morgan fingerprint density at radius 3 is 2.59 bits per heavy atom. The number of morpholine rings is 1. The van der Waals surface area contributed by atoms with E-state index in [0.717, 1.165) is 92.2 Å². The Morgan fingerprint density at radius 1 is 0.976 bits per heavy atom. The first-order valence-corrected chi connectivity index (χ1v) is 14.6. The molecule has 0 atom stereocenters. The van der Waals surface area contributed by atoms with Crippen LogP contribution >= 0.6 is 0 Å². The minimum absolute atomic E-state index is 0.0495. The number of ether oxygens (including phenoxy) is 1. The monoisotopic (exact) mass is 553 g/mol. The van der Waals surface area contributed by atoms with E-state index >= 15 is 0 Å². The van der Waals surface area contributed by atoms with Gasteiger partial charge in [-0.15, -0.1) is 0 Å². The number of hydrogen-bond acceptors (Lipinski definition) is 8. The van der Waals surface area contributed by atoms with E-state index in [4.69, 9.17) is 4.74 Å². The third-order valence-electron chi connectivity index (χ3n) is 8.63. The molecule has 2 fully saturated rings. The van der Waals surface area contributed by atoms with E-state index in [0.29, 0.717) is 11.6 Å². The second kappa shape index (κ2) is 12.1. The maximum absolute atomic E-state index is 13.4. The lowest BCUT2D eigenvalue weighted by Crippen LogP contribution is -2.42. The zero-order valence-corrected chi connectivity index (χ0v) is 24.3. The topological polar surface area (TPSA) is 79.6 Å². The molecule has 0 aliphatic carbocycles. The van der Waals surface area contributed by atoms with Gasteiger partial charge in [0.05, 0.1) is 31.5 Å². The number of benzene rings is 1. The van der Waals surface area contributed by atoms with E-state index in [1.165, 1.54) is 5.69 Å². The first-order valence-electron chi connectivity index (χ1n) is 14.6. The van der Waals surface area contributed by atoms with Crippen LogP contribution in [0.3, 0.4) is 0 Å². The van der Waals surface area contributed by atoms with Crippen LogP contribution in [0, 0.1) is 0 Å². The number of likely N-dealkylation sites (tertiary alicyclic amines) is 1. The molecule has 0 bridgehead atoms. The van der Waals surface area contributed by atoms with Gasteiger partial charge in [-0.25, -0.2) is 4.98 Å². The highest BCUT2D eigenvalue weighted by molar-refractivity contribution is 5.98. The summed E-state index contributed by atoms with van der Waals surface area (Å²) in [6.07, 6.45) is 8.01. The molecule has 2 aliphatic rings. The van der Waals surface area contributed by atoms with Crippen LogP contribution in [0.25, 0.3) is 21.9 Å². The predicted molar refractivity (Wildman–Crippen MR) is 161 cm³/mol. The van der Waals surface area contributed by atoms with Gasteiger partial charge in [0.15, 0.2) is 5.78 Å². The summed E-state index contributed by atoms with van der Waals surface area (Å²) in [5.74, 6) is 0.902. The SMILES string of the molecule is CN1CCC(N(C)c2cc(C(=O)Cc3cc4cc(-c5cnn(C)c5CN5CCOCC5)ccc4cn3)ccn2)CC1. The standard InChI is InChI=1S/C32H39N7O2/c1-36-10-7-28(8-11-36)37(2)32-18-24(6-9-33-32)31(40)19-27-17-26-16-23(4-5-25(26)20-34-27)29-21-35-38(3)30(29)22-39-12-14-41-15-13-39/h4-6,9,16-18,20-21,28H,7-8,10-15,19,22H2,1-3H3. The first-order chi connectivity index (χ1) is 19.9. The van der Waals surface area contributed by atoms with Crippen molar-refractivity contribution >= 4 is 22.4 Å². The van der Waals surface area contributed by atoms with Crippen LogP contribution in [-0.2, 0) is 24.8 Å². The number of aromatic nitrogens is 4. The molecule has 0 saturated carbocycles. The Morgan fingerprint density at radius 2 is 1.78 bits per heavy atom. The molecule has 6 rings (SSSR count). The van der Waals surface area contributed by atoms with Crippen LogP contribution in [0.15, 0.2) is 55.0 Å². The summed E-state index contributed by atoms with van der Waals surface area (Å²) in [4.78, 5) is 29.6. The minimum atomic E-state index is 0.0495. The van der Waals surface area contributed by atoms with Crippen molar-refractivity contribution in [1.82, 2.24) is 29.5 Å². The van der Waals surface area contributed by atoms with Crippen LogP contribution in [0.4, 0.5) is 5.82 Å². The summed E-state index contributed by atoms with van der Waals surface area (Å²) in [7, 11) is 6.26. The molecule has 0 amide bonds. The number of Topliss-reactive ketones (excluding diaryl/α,β-unsaturated/α-hetero) is 1. The number of pyridine rings is 2. The van der Waals surface area contributed by atoms with E-state index in [9.17, 15) is 4.79 Å². The molecular formula is C32H39N7O2. The van der Waals surface area contributed by atoms with Gasteiger partial charge in [0.25, 0.3) is 0 Å². The molecule has 0 N–H and O–H groups in total. The van der Waals surface area contributed by atoms with Gasteiger partial charge in [-0.05, 0) is 68.2 Å². The van der Waals surface area contributed by atoms with Crippen molar-refractivity contribution < 1.29 is 9.53 Å². The van der Waals surface area contributed by atoms with Crippen LogP contribution in [0.1, 0.15) is 34.6 Å². The average molecular weight is 554 g/mol. The smallest absolute Gasteiger partial charge is 0.169 e. The molecule has 3 aromatic heterocycles. The van der Waals surface area contributed by atoms with Crippen molar-refractivity contribution in [2.45, 2.75) is 31.8 Å². The molecule has 2 saturated heterocycles. The molecule has 5 heterocycles. The summed E-state index contributed by atoms with van der Waals surface area (Å²) >= 11 is 0. The average Bonchev–Trinajstić information content (AvgIpc) is 3.36. The first kappa shape index (κ1) is 27.5. The highest BCUT2D eigenvalue weighted by atomic mass is 16.5. The van der Waals surface area contributed by atoms with Gasteiger partial charge >= 0.3 is 0 Å². The third-order valence-corrected chi connectivity index (χ3v) is 8.63. The van der Waals surface area contributed by atoms with Gasteiger partial charge < -0.3 is 14.5 Å². The van der Waals surface area contributed by atoms with Crippen molar-refractivity contribution in [2.24, 2.45) is 7.05 Å². The number of piperidine rings is 1.